The number of nitro benzene ring substituents is 1. The fraction of sp³-hybridized carbons (Fsp3) is 0.118. The molecule has 3 aromatic rings. The van der Waals surface area contributed by atoms with Gasteiger partial charge in [-0.1, -0.05) is 35.6 Å². The van der Waals surface area contributed by atoms with Crippen LogP contribution in [-0.2, 0) is 6.42 Å². The van der Waals surface area contributed by atoms with Crippen LogP contribution in [0.15, 0.2) is 48.5 Å². The number of rotatable bonds is 6. The molecule has 0 saturated heterocycles. The van der Waals surface area contributed by atoms with Crippen LogP contribution in [0.3, 0.4) is 0 Å². The smallest absolute Gasteiger partial charge is 0.282 e. The summed E-state index contributed by atoms with van der Waals surface area (Å²) in [7, 11) is 1.60. The zero-order chi connectivity index (χ0) is 18.5. The molecule has 0 unspecified atom stereocenters. The van der Waals surface area contributed by atoms with Crippen LogP contribution in [0.2, 0.25) is 0 Å². The van der Waals surface area contributed by atoms with E-state index in [2.05, 4.69) is 15.5 Å². The molecule has 0 spiro atoms. The summed E-state index contributed by atoms with van der Waals surface area (Å²) in [6, 6.07) is 13.3. The molecule has 1 N–H and O–H groups in total. The maximum absolute atomic E-state index is 12.3. The van der Waals surface area contributed by atoms with Crippen molar-refractivity contribution < 1.29 is 14.5 Å². The monoisotopic (exact) mass is 370 g/mol. The summed E-state index contributed by atoms with van der Waals surface area (Å²) < 4.78 is 5.11. The molecule has 0 aliphatic heterocycles. The minimum atomic E-state index is -0.593. The van der Waals surface area contributed by atoms with Crippen LogP contribution < -0.4 is 10.1 Å². The number of anilines is 1. The topological polar surface area (TPSA) is 107 Å². The lowest BCUT2D eigenvalue weighted by molar-refractivity contribution is -0.385. The molecule has 0 radical (unpaired) electrons. The van der Waals surface area contributed by atoms with E-state index in [1.165, 1.54) is 29.5 Å². The third-order valence-corrected chi connectivity index (χ3v) is 4.39. The van der Waals surface area contributed by atoms with E-state index in [4.69, 9.17) is 4.74 Å². The Kier molecular flexibility index (Phi) is 5.18. The van der Waals surface area contributed by atoms with Gasteiger partial charge in [0.2, 0.25) is 5.13 Å². The predicted molar refractivity (Wildman–Crippen MR) is 96.8 cm³/mol. The summed E-state index contributed by atoms with van der Waals surface area (Å²) in [6.45, 7) is 0. The van der Waals surface area contributed by atoms with Crippen LogP contribution in [-0.4, -0.2) is 28.1 Å². The molecule has 0 atom stereocenters. The van der Waals surface area contributed by atoms with Crippen molar-refractivity contribution >= 4 is 28.1 Å². The van der Waals surface area contributed by atoms with Crippen LogP contribution in [0, 0.1) is 10.1 Å². The van der Waals surface area contributed by atoms with Gasteiger partial charge in [0, 0.05) is 12.5 Å². The third-order valence-electron chi connectivity index (χ3n) is 3.55. The van der Waals surface area contributed by atoms with Gasteiger partial charge in [-0.05, 0) is 23.8 Å². The molecule has 3 rings (SSSR count). The number of carbonyl (C=O) groups is 1. The highest BCUT2D eigenvalue weighted by atomic mass is 32.1. The lowest BCUT2D eigenvalue weighted by Gasteiger charge is -2.02. The highest BCUT2D eigenvalue weighted by Crippen LogP contribution is 2.23. The predicted octanol–water partition coefficient (Wildman–Crippen LogP) is 3.30. The fourth-order valence-electron chi connectivity index (χ4n) is 2.28. The summed E-state index contributed by atoms with van der Waals surface area (Å²) in [5.41, 5.74) is 0.746. The number of nitro groups is 1. The van der Waals surface area contributed by atoms with Crippen molar-refractivity contribution in [2.75, 3.05) is 12.4 Å². The van der Waals surface area contributed by atoms with Crippen LogP contribution in [0.4, 0.5) is 10.8 Å². The molecule has 0 aliphatic carbocycles. The number of nitrogens with one attached hydrogen (secondary N) is 1. The van der Waals surface area contributed by atoms with Crippen LogP contribution in [0.25, 0.3) is 0 Å². The molecule has 0 bridgehead atoms. The molecule has 0 saturated carbocycles. The van der Waals surface area contributed by atoms with E-state index in [9.17, 15) is 14.9 Å². The molecule has 132 valence electrons. The maximum Gasteiger partial charge on any atom is 0.282 e. The first-order chi connectivity index (χ1) is 12.6. The van der Waals surface area contributed by atoms with Gasteiger partial charge in [-0.15, -0.1) is 10.2 Å². The van der Waals surface area contributed by atoms with E-state index in [1.54, 1.807) is 13.2 Å². The van der Waals surface area contributed by atoms with Crippen LogP contribution >= 0.6 is 11.3 Å². The quantitative estimate of drug-likeness (QED) is 0.527. The standard InChI is InChI=1S/C17H14N4O4S/c1-25-12-8-6-11(7-9-12)10-15-19-20-17(26-15)18-16(22)13-4-2-3-5-14(13)21(23)24/h2-9H,10H2,1H3,(H,18,20,22). The lowest BCUT2D eigenvalue weighted by Crippen LogP contribution is -2.13. The molecular formula is C17H14N4O4S. The van der Waals surface area contributed by atoms with Gasteiger partial charge in [-0.25, -0.2) is 0 Å². The van der Waals surface area contributed by atoms with Gasteiger partial charge in [0.1, 0.15) is 16.3 Å². The summed E-state index contributed by atoms with van der Waals surface area (Å²) in [4.78, 5) is 22.7. The van der Waals surface area contributed by atoms with Gasteiger partial charge in [-0.2, -0.15) is 0 Å². The van der Waals surface area contributed by atoms with Gasteiger partial charge in [0.15, 0.2) is 0 Å². The van der Waals surface area contributed by atoms with Crippen molar-refractivity contribution in [1.82, 2.24) is 10.2 Å². The number of hydrogen-bond acceptors (Lipinski definition) is 7. The largest absolute Gasteiger partial charge is 0.497 e. The van der Waals surface area contributed by atoms with Crippen LogP contribution in [0.1, 0.15) is 20.9 Å². The zero-order valence-electron chi connectivity index (χ0n) is 13.7. The number of hydrogen-bond donors (Lipinski definition) is 1. The molecule has 26 heavy (non-hydrogen) atoms. The second kappa shape index (κ2) is 7.70. The highest BCUT2D eigenvalue weighted by Gasteiger charge is 2.20. The molecule has 2 aromatic carbocycles. The molecule has 0 fully saturated rings. The first kappa shape index (κ1) is 17.5. The number of amides is 1. The van der Waals surface area contributed by atoms with Crippen molar-refractivity contribution in [3.63, 3.8) is 0 Å². The van der Waals surface area contributed by atoms with Crippen molar-refractivity contribution in [2.24, 2.45) is 0 Å². The first-order valence-electron chi connectivity index (χ1n) is 7.57. The lowest BCUT2D eigenvalue weighted by atomic mass is 10.1. The van der Waals surface area contributed by atoms with E-state index >= 15 is 0 Å². The molecule has 8 nitrogen and oxygen atoms in total. The van der Waals surface area contributed by atoms with E-state index in [0.717, 1.165) is 11.3 Å². The van der Waals surface area contributed by atoms with Crippen molar-refractivity contribution in [2.45, 2.75) is 6.42 Å². The normalized spacial score (nSPS) is 10.3. The van der Waals surface area contributed by atoms with Crippen molar-refractivity contribution in [3.05, 3.63) is 74.8 Å². The molecule has 9 heteroatoms. The highest BCUT2D eigenvalue weighted by molar-refractivity contribution is 7.15. The average molecular weight is 370 g/mol. The number of carbonyl (C=O) groups excluding carboxylic acids is 1. The number of methoxy groups -OCH3 is 1. The number of ether oxygens (including phenoxy) is 1. The number of para-hydroxylation sites is 1. The maximum atomic E-state index is 12.3. The molecule has 1 heterocycles. The van der Waals surface area contributed by atoms with Gasteiger partial charge in [-0.3, -0.25) is 20.2 Å². The summed E-state index contributed by atoms with van der Waals surface area (Å²) in [5, 5.41) is 22.6. The zero-order valence-corrected chi connectivity index (χ0v) is 14.5. The van der Waals surface area contributed by atoms with E-state index in [-0.39, 0.29) is 16.4 Å². The summed E-state index contributed by atoms with van der Waals surface area (Å²) in [6.07, 6.45) is 0.559. The second-order valence-corrected chi connectivity index (χ2v) is 6.32. The van der Waals surface area contributed by atoms with Gasteiger partial charge in [0.05, 0.1) is 12.0 Å². The van der Waals surface area contributed by atoms with Gasteiger partial charge >= 0.3 is 0 Å². The summed E-state index contributed by atoms with van der Waals surface area (Å²) >= 11 is 1.22. The number of nitrogens with zero attached hydrogens (tertiary/aromatic N) is 3. The molecule has 1 amide bonds. The Bertz CT molecular complexity index is 940. The van der Waals surface area contributed by atoms with E-state index < -0.39 is 10.8 Å². The average Bonchev–Trinajstić information content (AvgIpc) is 3.09. The van der Waals surface area contributed by atoms with Crippen LogP contribution in [0.5, 0.6) is 5.75 Å². The van der Waals surface area contributed by atoms with Crippen molar-refractivity contribution in [3.8, 4) is 5.75 Å². The Morgan fingerprint density at radius 2 is 1.92 bits per heavy atom. The Morgan fingerprint density at radius 3 is 2.62 bits per heavy atom. The molecular weight excluding hydrogens is 356 g/mol. The minimum absolute atomic E-state index is 0.0237. The first-order valence-corrected chi connectivity index (χ1v) is 8.38. The van der Waals surface area contributed by atoms with Crippen molar-refractivity contribution in [1.29, 1.82) is 0 Å². The second-order valence-electron chi connectivity index (χ2n) is 5.25. The van der Waals surface area contributed by atoms with E-state index in [0.29, 0.717) is 11.4 Å². The SMILES string of the molecule is COc1ccc(Cc2nnc(NC(=O)c3ccccc3[N+](=O)[O-])s2)cc1. The van der Waals surface area contributed by atoms with E-state index in [1.807, 2.05) is 24.3 Å². The Balaban J connectivity index is 1.70. The fourth-order valence-corrected chi connectivity index (χ4v) is 3.05. The molecule has 1 aromatic heterocycles. The number of benzene rings is 2. The summed E-state index contributed by atoms with van der Waals surface area (Å²) in [5.74, 6) is 0.174. The van der Waals surface area contributed by atoms with Gasteiger partial charge < -0.3 is 4.74 Å². The Labute approximate surface area is 152 Å². The minimum Gasteiger partial charge on any atom is -0.497 e. The third kappa shape index (κ3) is 4.01. The Hall–Kier alpha value is -3.33. The number of aromatic nitrogens is 2. The Morgan fingerprint density at radius 1 is 1.19 bits per heavy atom. The molecule has 0 aliphatic rings. The van der Waals surface area contributed by atoms with Gasteiger partial charge in [0.25, 0.3) is 11.6 Å².